The highest BCUT2D eigenvalue weighted by molar-refractivity contribution is 5.91. The quantitative estimate of drug-likeness (QED) is 0.263. The van der Waals surface area contributed by atoms with E-state index >= 15 is 0 Å². The number of urea groups is 1. The Bertz CT molecular complexity index is 1680. The molecule has 7 nitrogen and oxygen atoms in total. The molecule has 0 radical (unpaired) electrons. The molecule has 40 heavy (non-hydrogen) atoms. The van der Waals surface area contributed by atoms with Crippen molar-refractivity contribution in [3.8, 4) is 17.3 Å². The molecule has 202 valence electrons. The number of amides is 2. The van der Waals surface area contributed by atoms with Crippen molar-refractivity contribution in [2.45, 2.75) is 40.3 Å². The number of aromatic nitrogens is 3. The summed E-state index contributed by atoms with van der Waals surface area (Å²) in [5, 5.41) is 8.14. The lowest BCUT2D eigenvalue weighted by atomic mass is 10.0. The van der Waals surface area contributed by atoms with Gasteiger partial charge in [0.2, 0.25) is 0 Å². The number of carbonyl (C=O) groups excluding carboxylic acids is 1. The van der Waals surface area contributed by atoms with E-state index in [1.807, 2.05) is 85.0 Å². The molecule has 3 heterocycles. The standard InChI is InChI=1S/C33H33N5O2/c1-5-40-27-14-9-11-25(20-27)31-30-15-10-18-36(30)32-28(24(4)35-38(32)26-12-7-6-8-13-26)21-37(31)33(39)34-29-17-16-22(2)19-23(29)3/h6-20,31H,5,21H2,1-4H3,(H,34,39)/t31-/m0/s1. The van der Waals surface area contributed by atoms with Gasteiger partial charge in [-0.25, -0.2) is 9.48 Å². The van der Waals surface area contributed by atoms with Gasteiger partial charge in [0.15, 0.2) is 0 Å². The molecule has 0 bridgehead atoms. The number of hydrogen-bond donors (Lipinski definition) is 1. The van der Waals surface area contributed by atoms with E-state index in [0.29, 0.717) is 13.2 Å². The molecule has 5 aromatic rings. The van der Waals surface area contributed by atoms with Crippen LogP contribution in [0.4, 0.5) is 10.5 Å². The lowest BCUT2D eigenvalue weighted by Gasteiger charge is -2.31. The number of nitrogens with one attached hydrogen (secondary N) is 1. The van der Waals surface area contributed by atoms with Gasteiger partial charge in [0.1, 0.15) is 11.6 Å². The minimum atomic E-state index is -0.364. The van der Waals surface area contributed by atoms with Crippen molar-refractivity contribution in [2.24, 2.45) is 0 Å². The maximum atomic E-state index is 14.2. The zero-order valence-corrected chi connectivity index (χ0v) is 23.3. The van der Waals surface area contributed by atoms with Gasteiger partial charge in [-0.1, -0.05) is 48.0 Å². The molecule has 2 aromatic heterocycles. The number of anilines is 1. The van der Waals surface area contributed by atoms with Gasteiger partial charge < -0.3 is 19.5 Å². The Morgan fingerprint density at radius 2 is 1.80 bits per heavy atom. The van der Waals surface area contributed by atoms with E-state index in [2.05, 4.69) is 53.3 Å². The summed E-state index contributed by atoms with van der Waals surface area (Å²) >= 11 is 0. The lowest BCUT2D eigenvalue weighted by Crippen LogP contribution is -2.38. The van der Waals surface area contributed by atoms with Gasteiger partial charge in [-0.2, -0.15) is 5.10 Å². The second-order valence-electron chi connectivity index (χ2n) is 10.2. The predicted molar refractivity (Wildman–Crippen MR) is 158 cm³/mol. The topological polar surface area (TPSA) is 64.3 Å². The van der Waals surface area contributed by atoms with Gasteiger partial charge in [0, 0.05) is 17.4 Å². The van der Waals surface area contributed by atoms with Crippen LogP contribution in [0.25, 0.3) is 11.5 Å². The van der Waals surface area contributed by atoms with Gasteiger partial charge in [-0.15, -0.1) is 0 Å². The Kier molecular flexibility index (Phi) is 6.64. The van der Waals surface area contributed by atoms with E-state index in [0.717, 1.165) is 56.6 Å². The zero-order chi connectivity index (χ0) is 27.8. The van der Waals surface area contributed by atoms with Gasteiger partial charge in [-0.3, -0.25) is 0 Å². The minimum absolute atomic E-state index is 0.175. The fourth-order valence-electron chi connectivity index (χ4n) is 5.58. The van der Waals surface area contributed by atoms with Crippen LogP contribution in [0.3, 0.4) is 0 Å². The SMILES string of the molecule is CCOc1cccc([C@H]2c3cccn3-c3c(c(C)nn3-c3ccccc3)CN2C(=O)Nc2ccc(C)cc2C)c1. The lowest BCUT2D eigenvalue weighted by molar-refractivity contribution is 0.194. The number of rotatable bonds is 5. The van der Waals surface area contributed by atoms with Gasteiger partial charge in [0.25, 0.3) is 0 Å². The maximum absolute atomic E-state index is 14.2. The van der Waals surface area contributed by atoms with Gasteiger partial charge in [0.05, 0.1) is 36.3 Å². The summed E-state index contributed by atoms with van der Waals surface area (Å²) in [5.41, 5.74) is 7.78. The molecule has 3 aromatic carbocycles. The van der Waals surface area contributed by atoms with Crippen molar-refractivity contribution in [3.63, 3.8) is 0 Å². The summed E-state index contributed by atoms with van der Waals surface area (Å²) in [6, 6.07) is 27.8. The average Bonchev–Trinajstić information content (AvgIpc) is 3.51. The first-order valence-electron chi connectivity index (χ1n) is 13.6. The molecule has 2 amide bonds. The number of para-hydroxylation sites is 1. The van der Waals surface area contributed by atoms with Crippen LogP contribution in [-0.2, 0) is 6.54 Å². The summed E-state index contributed by atoms with van der Waals surface area (Å²) in [6.45, 7) is 9.01. The largest absolute Gasteiger partial charge is 0.494 e. The summed E-state index contributed by atoms with van der Waals surface area (Å²) in [4.78, 5) is 16.1. The van der Waals surface area contributed by atoms with Crippen LogP contribution in [0.2, 0.25) is 0 Å². The van der Waals surface area contributed by atoms with Crippen molar-refractivity contribution in [3.05, 3.63) is 125 Å². The Morgan fingerprint density at radius 3 is 2.58 bits per heavy atom. The Labute approximate surface area is 234 Å². The Hall–Kier alpha value is -4.78. The number of carbonyl (C=O) groups is 1. The summed E-state index contributed by atoms with van der Waals surface area (Å²) < 4.78 is 10.0. The smallest absolute Gasteiger partial charge is 0.322 e. The zero-order valence-electron chi connectivity index (χ0n) is 23.3. The van der Waals surface area contributed by atoms with Crippen LogP contribution < -0.4 is 10.1 Å². The molecule has 0 spiro atoms. The highest BCUT2D eigenvalue weighted by Gasteiger charge is 2.36. The predicted octanol–water partition coefficient (Wildman–Crippen LogP) is 7.12. The van der Waals surface area contributed by atoms with E-state index in [9.17, 15) is 4.79 Å². The van der Waals surface area contributed by atoms with Crippen LogP contribution in [0.5, 0.6) is 5.75 Å². The molecule has 1 atom stereocenters. The monoisotopic (exact) mass is 531 g/mol. The van der Waals surface area contributed by atoms with Crippen molar-refractivity contribution in [1.29, 1.82) is 0 Å². The molecular weight excluding hydrogens is 498 g/mol. The van der Waals surface area contributed by atoms with Crippen molar-refractivity contribution in [1.82, 2.24) is 19.2 Å². The molecule has 1 aliphatic rings. The second-order valence-corrected chi connectivity index (χ2v) is 10.2. The van der Waals surface area contributed by atoms with E-state index < -0.39 is 0 Å². The van der Waals surface area contributed by atoms with Gasteiger partial charge >= 0.3 is 6.03 Å². The third-order valence-corrected chi connectivity index (χ3v) is 7.46. The first-order valence-corrected chi connectivity index (χ1v) is 13.6. The first kappa shape index (κ1) is 25.5. The van der Waals surface area contributed by atoms with Crippen LogP contribution in [0, 0.1) is 20.8 Å². The van der Waals surface area contributed by atoms with Crippen molar-refractivity contribution in [2.75, 3.05) is 11.9 Å². The Morgan fingerprint density at radius 1 is 0.975 bits per heavy atom. The molecule has 0 saturated carbocycles. The number of ether oxygens (including phenoxy) is 1. The van der Waals surface area contributed by atoms with Gasteiger partial charge in [-0.05, 0) is 81.3 Å². The normalized spacial score (nSPS) is 14.3. The summed E-state index contributed by atoms with van der Waals surface area (Å²) in [5.74, 6) is 1.72. The molecule has 6 rings (SSSR count). The minimum Gasteiger partial charge on any atom is -0.494 e. The number of fused-ring (bicyclic) bond motifs is 3. The molecule has 1 aliphatic heterocycles. The number of aryl methyl sites for hydroxylation is 3. The molecule has 7 heteroatoms. The molecular formula is C33H33N5O2. The highest BCUT2D eigenvalue weighted by atomic mass is 16.5. The van der Waals surface area contributed by atoms with Crippen LogP contribution in [0.1, 0.15) is 46.6 Å². The van der Waals surface area contributed by atoms with Crippen LogP contribution >= 0.6 is 0 Å². The Balaban J connectivity index is 1.53. The summed E-state index contributed by atoms with van der Waals surface area (Å²) in [7, 11) is 0. The molecule has 0 fully saturated rings. The average molecular weight is 532 g/mol. The molecule has 0 unspecified atom stereocenters. The van der Waals surface area contributed by atoms with Crippen molar-refractivity contribution >= 4 is 11.7 Å². The fraction of sp³-hybridized carbons (Fsp3) is 0.212. The number of benzene rings is 3. The molecule has 1 N–H and O–H groups in total. The highest BCUT2D eigenvalue weighted by Crippen LogP contribution is 2.39. The maximum Gasteiger partial charge on any atom is 0.322 e. The first-order chi connectivity index (χ1) is 19.4. The second kappa shape index (κ2) is 10.4. The molecule has 0 saturated heterocycles. The van der Waals surface area contributed by atoms with Crippen LogP contribution in [0.15, 0.2) is 91.1 Å². The summed E-state index contributed by atoms with van der Waals surface area (Å²) in [6.07, 6.45) is 2.06. The van der Waals surface area contributed by atoms with Crippen LogP contribution in [-0.4, -0.2) is 31.9 Å². The molecule has 0 aliphatic carbocycles. The van der Waals surface area contributed by atoms with Crippen molar-refractivity contribution < 1.29 is 9.53 Å². The van der Waals surface area contributed by atoms with E-state index in [-0.39, 0.29) is 12.1 Å². The third kappa shape index (κ3) is 4.53. The van der Waals surface area contributed by atoms with E-state index in [1.165, 1.54) is 0 Å². The number of hydrogen-bond acceptors (Lipinski definition) is 3. The fourth-order valence-corrected chi connectivity index (χ4v) is 5.58. The number of nitrogens with zero attached hydrogens (tertiary/aromatic N) is 4. The van der Waals surface area contributed by atoms with E-state index in [4.69, 9.17) is 9.84 Å². The van der Waals surface area contributed by atoms with E-state index in [1.54, 1.807) is 0 Å². The third-order valence-electron chi connectivity index (χ3n) is 7.46.